The Hall–Kier alpha value is -2.65. The quantitative estimate of drug-likeness (QED) is 0.374. The lowest BCUT2D eigenvalue weighted by atomic mass is 10.0. The minimum Gasteiger partial charge on any atom is -0.370 e. The van der Waals surface area contributed by atoms with Crippen LogP contribution in [0.25, 0.3) is 0 Å². The average molecular weight is 516 g/mol. The molecule has 0 radical (unpaired) electrons. The summed E-state index contributed by atoms with van der Waals surface area (Å²) in [6.07, 6.45) is 2.37. The van der Waals surface area contributed by atoms with Crippen LogP contribution in [0.5, 0.6) is 0 Å². The minimum absolute atomic E-state index is 0.255. The first-order valence-corrected chi connectivity index (χ1v) is 14.4. The second-order valence-corrected chi connectivity index (χ2v) is 12.7. The predicted octanol–water partition coefficient (Wildman–Crippen LogP) is 3.79. The summed E-state index contributed by atoms with van der Waals surface area (Å²) < 4.78 is 27.6. The number of carbonyl (C=O) groups is 1. The van der Waals surface area contributed by atoms with Gasteiger partial charge in [0.2, 0.25) is 10.0 Å². The summed E-state index contributed by atoms with van der Waals surface area (Å²) in [6.45, 7) is 10.3. The number of carbonyl (C=O) groups excluding carboxylic acids is 1. The summed E-state index contributed by atoms with van der Waals surface area (Å²) in [7, 11) is -3.63. The second kappa shape index (κ2) is 12.1. The van der Waals surface area contributed by atoms with Gasteiger partial charge in [0.25, 0.3) is 5.91 Å². The molecule has 0 bridgehead atoms. The Labute approximate surface area is 216 Å². The first-order chi connectivity index (χ1) is 17.0. The van der Waals surface area contributed by atoms with Gasteiger partial charge in [-0.2, -0.15) is 0 Å². The summed E-state index contributed by atoms with van der Waals surface area (Å²) in [5, 5.41) is 5.78. The maximum absolute atomic E-state index is 13.4. The van der Waals surface area contributed by atoms with E-state index in [9.17, 15) is 13.2 Å². The van der Waals surface area contributed by atoms with E-state index in [0.29, 0.717) is 36.1 Å². The molecular formula is C27H41N5O3S. The predicted molar refractivity (Wildman–Crippen MR) is 147 cm³/mol. The van der Waals surface area contributed by atoms with E-state index in [2.05, 4.69) is 22.5 Å². The van der Waals surface area contributed by atoms with Crippen LogP contribution in [0.1, 0.15) is 63.4 Å². The average Bonchev–Trinajstić information content (AvgIpc) is 3.55. The Morgan fingerprint density at radius 3 is 2.42 bits per heavy atom. The van der Waals surface area contributed by atoms with Gasteiger partial charge >= 0.3 is 0 Å². The zero-order chi connectivity index (χ0) is 26.5. The summed E-state index contributed by atoms with van der Waals surface area (Å²) in [5.74, 6) is 1.67. The van der Waals surface area contributed by atoms with Gasteiger partial charge in [-0.1, -0.05) is 44.2 Å². The van der Waals surface area contributed by atoms with Crippen LogP contribution in [0.2, 0.25) is 0 Å². The Kier molecular flexibility index (Phi) is 9.35. The number of amides is 1. The standard InChI is InChI=1S/C27H41N5O3S/c1-6-12-32(36(34,35)18(2)3)26-16-22(15-25(31-26)29-17-23-13-19(23)4)27(33)30-24(20(5)28)14-21-10-8-7-9-11-21/h7-11,15-16,18-20,23-24H,6,12-14,17,28H2,1-5H3,(H,29,31)(H,30,33)/t19?,20?,23?,24-/m0/s1. The number of sulfonamides is 1. The molecule has 1 heterocycles. The molecule has 0 spiro atoms. The SMILES string of the molecule is CCCN(c1cc(C(=O)N[C@@H](Cc2ccccc2)C(C)N)cc(NCC2CC2C)n1)S(=O)(=O)C(C)C. The largest absolute Gasteiger partial charge is 0.370 e. The Morgan fingerprint density at radius 2 is 1.86 bits per heavy atom. The fraction of sp³-hybridized carbons (Fsp3) is 0.556. The van der Waals surface area contributed by atoms with Crippen molar-refractivity contribution in [3.63, 3.8) is 0 Å². The number of aromatic nitrogens is 1. The summed E-state index contributed by atoms with van der Waals surface area (Å²) in [4.78, 5) is 18.1. The van der Waals surface area contributed by atoms with E-state index in [0.717, 1.165) is 18.5 Å². The third-order valence-electron chi connectivity index (χ3n) is 6.73. The number of hydrogen-bond acceptors (Lipinski definition) is 6. The van der Waals surface area contributed by atoms with Crippen LogP contribution < -0.4 is 20.7 Å². The van der Waals surface area contributed by atoms with Crippen molar-refractivity contribution in [1.82, 2.24) is 10.3 Å². The number of benzene rings is 1. The first-order valence-electron chi connectivity index (χ1n) is 12.9. The molecule has 0 aliphatic heterocycles. The number of hydrogen-bond donors (Lipinski definition) is 3. The topological polar surface area (TPSA) is 117 Å². The van der Waals surface area contributed by atoms with Crippen LogP contribution in [0.3, 0.4) is 0 Å². The third-order valence-corrected chi connectivity index (χ3v) is 8.91. The van der Waals surface area contributed by atoms with E-state index in [1.54, 1.807) is 26.0 Å². The highest BCUT2D eigenvalue weighted by Crippen LogP contribution is 2.37. The van der Waals surface area contributed by atoms with E-state index in [1.807, 2.05) is 44.2 Å². The van der Waals surface area contributed by atoms with Crippen molar-refractivity contribution in [2.75, 3.05) is 22.7 Å². The molecule has 9 heteroatoms. The van der Waals surface area contributed by atoms with Crippen LogP contribution in [0, 0.1) is 11.8 Å². The van der Waals surface area contributed by atoms with Gasteiger partial charge in [-0.05, 0) is 69.6 Å². The number of nitrogens with one attached hydrogen (secondary N) is 2. The van der Waals surface area contributed by atoms with Gasteiger partial charge in [0.15, 0.2) is 0 Å². The molecule has 1 aliphatic rings. The molecule has 1 saturated carbocycles. The molecular weight excluding hydrogens is 474 g/mol. The molecule has 3 rings (SSSR count). The maximum atomic E-state index is 13.4. The van der Waals surface area contributed by atoms with Gasteiger partial charge in [0.1, 0.15) is 11.6 Å². The summed E-state index contributed by atoms with van der Waals surface area (Å²) in [5.41, 5.74) is 7.65. The molecule has 2 aromatic rings. The lowest BCUT2D eigenvalue weighted by Crippen LogP contribution is -2.47. The van der Waals surface area contributed by atoms with Gasteiger partial charge in [-0.25, -0.2) is 13.4 Å². The second-order valence-electron chi connectivity index (χ2n) is 10.2. The molecule has 3 unspecified atom stereocenters. The summed E-state index contributed by atoms with van der Waals surface area (Å²) >= 11 is 0. The Balaban J connectivity index is 1.92. The molecule has 1 aromatic carbocycles. The van der Waals surface area contributed by atoms with Gasteiger partial charge < -0.3 is 16.4 Å². The highest BCUT2D eigenvalue weighted by molar-refractivity contribution is 7.93. The van der Waals surface area contributed by atoms with Crippen molar-refractivity contribution < 1.29 is 13.2 Å². The lowest BCUT2D eigenvalue weighted by Gasteiger charge is -2.26. The normalized spacial score (nSPS) is 19.0. The highest BCUT2D eigenvalue weighted by Gasteiger charge is 2.32. The molecule has 36 heavy (non-hydrogen) atoms. The van der Waals surface area contributed by atoms with Gasteiger partial charge in [-0.15, -0.1) is 0 Å². The molecule has 0 saturated heterocycles. The fourth-order valence-corrected chi connectivity index (χ4v) is 5.40. The lowest BCUT2D eigenvalue weighted by molar-refractivity contribution is 0.0932. The van der Waals surface area contributed by atoms with Crippen LogP contribution in [-0.2, 0) is 16.4 Å². The molecule has 1 fully saturated rings. The summed E-state index contributed by atoms with van der Waals surface area (Å²) in [6, 6.07) is 12.6. The number of rotatable bonds is 13. The van der Waals surface area contributed by atoms with Crippen LogP contribution in [0.4, 0.5) is 11.6 Å². The Bertz CT molecular complexity index is 1120. The molecule has 4 N–H and O–H groups in total. The third kappa shape index (κ3) is 7.20. The monoisotopic (exact) mass is 515 g/mol. The van der Waals surface area contributed by atoms with Crippen molar-refractivity contribution in [2.24, 2.45) is 17.6 Å². The minimum atomic E-state index is -3.63. The molecule has 1 amide bonds. The van der Waals surface area contributed by atoms with Gasteiger partial charge in [-0.3, -0.25) is 9.10 Å². The molecule has 1 aliphatic carbocycles. The van der Waals surface area contributed by atoms with Crippen molar-refractivity contribution in [3.05, 3.63) is 53.6 Å². The van der Waals surface area contributed by atoms with Crippen molar-refractivity contribution in [3.8, 4) is 0 Å². The van der Waals surface area contributed by atoms with Crippen molar-refractivity contribution in [1.29, 1.82) is 0 Å². The van der Waals surface area contributed by atoms with E-state index < -0.39 is 15.3 Å². The molecule has 198 valence electrons. The van der Waals surface area contributed by atoms with Gasteiger partial charge in [0.05, 0.1) is 5.25 Å². The van der Waals surface area contributed by atoms with Crippen LogP contribution >= 0.6 is 0 Å². The van der Waals surface area contributed by atoms with E-state index in [-0.39, 0.29) is 30.4 Å². The van der Waals surface area contributed by atoms with Gasteiger partial charge in [0, 0.05) is 30.7 Å². The molecule has 8 nitrogen and oxygen atoms in total. The van der Waals surface area contributed by atoms with E-state index in [1.165, 1.54) is 4.31 Å². The smallest absolute Gasteiger partial charge is 0.251 e. The number of nitrogens with zero attached hydrogens (tertiary/aromatic N) is 2. The maximum Gasteiger partial charge on any atom is 0.251 e. The van der Waals surface area contributed by atoms with E-state index in [4.69, 9.17) is 5.73 Å². The number of anilines is 2. The number of nitrogens with two attached hydrogens (primary N) is 1. The first kappa shape index (κ1) is 27.9. The molecule has 1 aromatic heterocycles. The van der Waals surface area contributed by atoms with Crippen molar-refractivity contribution in [2.45, 2.75) is 71.2 Å². The highest BCUT2D eigenvalue weighted by atomic mass is 32.2. The van der Waals surface area contributed by atoms with Crippen LogP contribution in [0.15, 0.2) is 42.5 Å². The van der Waals surface area contributed by atoms with Crippen LogP contribution in [-0.4, -0.2) is 49.7 Å². The van der Waals surface area contributed by atoms with E-state index >= 15 is 0 Å². The zero-order valence-corrected chi connectivity index (χ0v) is 22.9. The Morgan fingerprint density at radius 1 is 1.19 bits per heavy atom. The molecule has 4 atom stereocenters. The van der Waals surface area contributed by atoms with Crippen molar-refractivity contribution >= 4 is 27.6 Å². The zero-order valence-electron chi connectivity index (χ0n) is 22.1. The fourth-order valence-electron chi connectivity index (χ4n) is 4.10. The number of pyridine rings is 1.